The normalized spacial score (nSPS) is 20.0. The molecule has 2 aliphatic rings. The number of aromatic nitrogens is 1. The number of carbonyl (C=O) groups is 1. The number of ether oxygens (including phenoxy) is 1. The molecule has 176 valence electrons. The smallest absolute Gasteiger partial charge is 0.475 e. The number of thiazole rings is 1. The number of aliphatic carboxylic acids is 1. The highest BCUT2D eigenvalue weighted by molar-refractivity contribution is 7.09. The highest BCUT2D eigenvalue weighted by Crippen LogP contribution is 2.30. The van der Waals surface area contributed by atoms with Gasteiger partial charge in [0.1, 0.15) is 11.1 Å². The number of nitrogens with zero attached hydrogens (tertiary/aromatic N) is 2. The number of hydrogen-bond donors (Lipinski definition) is 1. The van der Waals surface area contributed by atoms with Gasteiger partial charge in [0, 0.05) is 25.0 Å². The molecule has 1 aliphatic carbocycles. The first-order valence-corrected chi connectivity index (χ1v) is 11.8. The fourth-order valence-corrected chi connectivity index (χ4v) is 4.97. The largest absolute Gasteiger partial charge is 0.490 e. The van der Waals surface area contributed by atoms with Crippen LogP contribution in [-0.2, 0) is 22.5 Å². The lowest BCUT2D eigenvalue weighted by molar-refractivity contribution is -0.192. The van der Waals surface area contributed by atoms with Crippen LogP contribution in [0.3, 0.4) is 0 Å². The van der Waals surface area contributed by atoms with Gasteiger partial charge in [-0.3, -0.25) is 4.90 Å². The molecule has 5 nitrogen and oxygen atoms in total. The van der Waals surface area contributed by atoms with E-state index < -0.39 is 12.1 Å². The number of carboxylic acid groups (broad SMARTS) is 1. The molecule has 1 unspecified atom stereocenters. The van der Waals surface area contributed by atoms with Crippen LogP contribution in [0.15, 0.2) is 35.7 Å². The predicted molar refractivity (Wildman–Crippen MR) is 116 cm³/mol. The molecule has 2 fully saturated rings. The van der Waals surface area contributed by atoms with Gasteiger partial charge in [-0.05, 0) is 24.3 Å². The van der Waals surface area contributed by atoms with E-state index in [0.29, 0.717) is 0 Å². The Morgan fingerprint density at radius 1 is 1.22 bits per heavy atom. The van der Waals surface area contributed by atoms with Crippen molar-refractivity contribution in [2.75, 3.05) is 19.7 Å². The molecular formula is C23H29F3N2O3S. The molecule has 0 amide bonds. The molecule has 1 N–H and O–H groups in total. The second-order valence-corrected chi connectivity index (χ2v) is 9.14. The average Bonchev–Trinajstić information content (AvgIpc) is 3.45. The maximum Gasteiger partial charge on any atom is 0.490 e. The first kappa shape index (κ1) is 24.7. The number of halogens is 3. The molecule has 0 radical (unpaired) electrons. The molecule has 32 heavy (non-hydrogen) atoms. The third kappa shape index (κ3) is 7.86. The molecule has 1 saturated heterocycles. The topological polar surface area (TPSA) is 62.7 Å². The zero-order valence-electron chi connectivity index (χ0n) is 17.9. The van der Waals surface area contributed by atoms with Gasteiger partial charge in [-0.25, -0.2) is 9.78 Å². The monoisotopic (exact) mass is 470 g/mol. The highest BCUT2D eigenvalue weighted by atomic mass is 32.1. The van der Waals surface area contributed by atoms with Crippen molar-refractivity contribution in [2.24, 2.45) is 5.92 Å². The van der Waals surface area contributed by atoms with Gasteiger partial charge in [0.2, 0.25) is 0 Å². The van der Waals surface area contributed by atoms with Crippen LogP contribution in [0.1, 0.15) is 54.5 Å². The average molecular weight is 471 g/mol. The van der Waals surface area contributed by atoms with Crippen molar-refractivity contribution < 1.29 is 27.8 Å². The lowest BCUT2D eigenvalue weighted by Gasteiger charge is -2.32. The summed E-state index contributed by atoms with van der Waals surface area (Å²) in [5.41, 5.74) is 2.65. The van der Waals surface area contributed by atoms with E-state index in [2.05, 4.69) is 40.6 Å². The van der Waals surface area contributed by atoms with Gasteiger partial charge in [-0.15, -0.1) is 11.3 Å². The molecular weight excluding hydrogens is 441 g/mol. The Bertz CT molecular complexity index is 839. The van der Waals surface area contributed by atoms with E-state index in [-0.39, 0.29) is 6.10 Å². The second kappa shape index (κ2) is 11.8. The summed E-state index contributed by atoms with van der Waals surface area (Å²) in [6, 6.07) is 10.7. The van der Waals surface area contributed by atoms with Crippen molar-refractivity contribution in [3.8, 4) is 0 Å². The Morgan fingerprint density at radius 3 is 2.56 bits per heavy atom. The molecule has 2 aromatic rings. The van der Waals surface area contributed by atoms with Crippen molar-refractivity contribution in [3.05, 3.63) is 52.0 Å². The van der Waals surface area contributed by atoms with Crippen molar-refractivity contribution in [2.45, 2.75) is 57.3 Å². The van der Waals surface area contributed by atoms with Gasteiger partial charge in [-0.1, -0.05) is 56.0 Å². The quantitative estimate of drug-likeness (QED) is 0.606. The fraction of sp³-hybridized carbons (Fsp3) is 0.565. The molecule has 1 atom stereocenters. The van der Waals surface area contributed by atoms with Crippen LogP contribution in [0.25, 0.3) is 0 Å². The molecule has 1 aromatic carbocycles. The number of hydrogen-bond acceptors (Lipinski definition) is 5. The third-order valence-corrected chi connectivity index (χ3v) is 6.76. The van der Waals surface area contributed by atoms with E-state index in [4.69, 9.17) is 19.6 Å². The lowest BCUT2D eigenvalue weighted by Crippen LogP contribution is -2.37. The van der Waals surface area contributed by atoms with E-state index in [0.717, 1.165) is 38.6 Å². The molecule has 9 heteroatoms. The van der Waals surface area contributed by atoms with E-state index in [9.17, 15) is 13.2 Å². The summed E-state index contributed by atoms with van der Waals surface area (Å²) < 4.78 is 37.8. The van der Waals surface area contributed by atoms with E-state index in [1.54, 1.807) is 11.3 Å². The van der Waals surface area contributed by atoms with Crippen molar-refractivity contribution in [3.63, 3.8) is 0 Å². The first-order valence-electron chi connectivity index (χ1n) is 10.9. The summed E-state index contributed by atoms with van der Waals surface area (Å²) in [4.78, 5) is 16.3. The lowest BCUT2D eigenvalue weighted by atomic mass is 10.0. The van der Waals surface area contributed by atoms with Crippen LogP contribution in [-0.4, -0.2) is 46.8 Å². The molecule has 2 heterocycles. The van der Waals surface area contributed by atoms with Crippen molar-refractivity contribution >= 4 is 17.3 Å². The summed E-state index contributed by atoms with van der Waals surface area (Å²) in [5, 5.41) is 10.5. The summed E-state index contributed by atoms with van der Waals surface area (Å²) >= 11 is 1.78. The minimum atomic E-state index is -5.08. The first-order chi connectivity index (χ1) is 15.3. The maximum absolute atomic E-state index is 10.6. The zero-order valence-corrected chi connectivity index (χ0v) is 18.7. The molecule has 1 aromatic heterocycles. The van der Waals surface area contributed by atoms with Gasteiger partial charge in [-0.2, -0.15) is 13.2 Å². The van der Waals surface area contributed by atoms with Crippen LogP contribution >= 0.6 is 11.3 Å². The second-order valence-electron chi connectivity index (χ2n) is 8.25. The van der Waals surface area contributed by atoms with Crippen LogP contribution in [0.2, 0.25) is 0 Å². The third-order valence-electron chi connectivity index (χ3n) is 5.77. The van der Waals surface area contributed by atoms with E-state index in [1.165, 1.54) is 48.4 Å². The number of carboxylic acids is 1. The van der Waals surface area contributed by atoms with Gasteiger partial charge in [0.15, 0.2) is 0 Å². The molecule has 0 spiro atoms. The minimum absolute atomic E-state index is 0.141. The Kier molecular flexibility index (Phi) is 9.07. The van der Waals surface area contributed by atoms with Crippen LogP contribution in [0, 0.1) is 5.92 Å². The van der Waals surface area contributed by atoms with Gasteiger partial charge >= 0.3 is 12.1 Å². The number of benzene rings is 1. The number of morpholine rings is 1. The Balaban J connectivity index is 0.000000360. The van der Waals surface area contributed by atoms with Crippen LogP contribution in [0.5, 0.6) is 0 Å². The highest BCUT2D eigenvalue weighted by Gasteiger charge is 2.38. The molecule has 0 bridgehead atoms. The van der Waals surface area contributed by atoms with Crippen molar-refractivity contribution in [1.82, 2.24) is 9.88 Å². The Morgan fingerprint density at radius 2 is 1.91 bits per heavy atom. The van der Waals surface area contributed by atoms with Crippen LogP contribution in [0.4, 0.5) is 13.2 Å². The predicted octanol–water partition coefficient (Wildman–Crippen LogP) is 5.47. The Labute approximate surface area is 190 Å². The number of aryl methyl sites for hydroxylation is 1. The van der Waals surface area contributed by atoms with Crippen LogP contribution < -0.4 is 0 Å². The van der Waals surface area contributed by atoms with Gasteiger partial charge < -0.3 is 9.84 Å². The number of rotatable bonds is 6. The molecule has 1 aliphatic heterocycles. The Hall–Kier alpha value is -1.97. The fourth-order valence-electron chi connectivity index (χ4n) is 4.07. The van der Waals surface area contributed by atoms with E-state index in [1.807, 2.05) is 0 Å². The van der Waals surface area contributed by atoms with Gasteiger partial charge in [0.05, 0.1) is 12.3 Å². The zero-order chi connectivity index (χ0) is 23.0. The standard InChI is InChI=1S/C21H28N2OS.C2HF3O2/c1-2-8-18(9-3-1)14-23-12-13-24-20(15-23)21-22-19(16-25-21)11-10-17-6-4-5-7-17;3-2(4,5)1(6)7/h1-3,8-9,16-17,20H,4-7,10-15H2;(H,6,7). The van der Waals surface area contributed by atoms with Gasteiger partial charge in [0.25, 0.3) is 0 Å². The summed E-state index contributed by atoms with van der Waals surface area (Å²) in [6.07, 6.45) is 3.23. The summed E-state index contributed by atoms with van der Waals surface area (Å²) in [6.45, 7) is 3.75. The van der Waals surface area contributed by atoms with E-state index >= 15 is 0 Å². The molecule has 4 rings (SSSR count). The SMILES string of the molecule is O=C(O)C(F)(F)F.c1ccc(CN2CCOC(c3nc(CCC4CCCC4)cs3)C2)cc1. The minimum Gasteiger partial charge on any atom is -0.475 e. The summed E-state index contributed by atoms with van der Waals surface area (Å²) in [7, 11) is 0. The molecule has 1 saturated carbocycles. The maximum atomic E-state index is 10.6. The summed E-state index contributed by atoms with van der Waals surface area (Å²) in [5.74, 6) is -1.81. The number of alkyl halides is 3. The van der Waals surface area contributed by atoms with Crippen molar-refractivity contribution in [1.29, 1.82) is 0 Å².